The van der Waals surface area contributed by atoms with E-state index in [1.165, 1.54) is 25.7 Å². The normalized spacial score (nSPS) is 31.8. The first kappa shape index (κ1) is 16.8. The summed E-state index contributed by atoms with van der Waals surface area (Å²) in [6.45, 7) is 10.1. The van der Waals surface area contributed by atoms with E-state index >= 15 is 0 Å². The fourth-order valence-corrected chi connectivity index (χ4v) is 4.59. The molecule has 3 unspecified atom stereocenters. The van der Waals surface area contributed by atoms with Gasteiger partial charge in [0, 0.05) is 12.1 Å². The van der Waals surface area contributed by atoms with Gasteiger partial charge in [0.1, 0.15) is 0 Å². The van der Waals surface area contributed by atoms with Gasteiger partial charge in [-0.15, -0.1) is 0 Å². The molecule has 3 nitrogen and oxygen atoms in total. The van der Waals surface area contributed by atoms with Crippen molar-refractivity contribution in [3.63, 3.8) is 0 Å². The lowest BCUT2D eigenvalue weighted by Gasteiger charge is -2.46. The Bertz CT molecular complexity index is 355. The zero-order chi connectivity index (χ0) is 15.6. The number of hydrogen-bond donors (Lipinski definition) is 1. The minimum atomic E-state index is -0.580. The van der Waals surface area contributed by atoms with Crippen LogP contribution in [0.1, 0.15) is 72.6 Å². The zero-order valence-corrected chi connectivity index (χ0v) is 14.3. The maximum absolute atomic E-state index is 11.7. The molecule has 1 N–H and O–H groups in total. The van der Waals surface area contributed by atoms with Crippen LogP contribution >= 0.6 is 0 Å². The van der Waals surface area contributed by atoms with Crippen molar-refractivity contribution in [2.45, 2.75) is 84.7 Å². The summed E-state index contributed by atoms with van der Waals surface area (Å²) in [5, 5.41) is 9.66. The van der Waals surface area contributed by atoms with Crippen LogP contribution in [0, 0.1) is 17.3 Å². The Kier molecular flexibility index (Phi) is 5.34. The second kappa shape index (κ2) is 6.68. The molecule has 0 aromatic rings. The van der Waals surface area contributed by atoms with E-state index in [0.717, 1.165) is 25.8 Å². The SMILES string of the molecule is CCN(C1CCCC1)C1CC(C(C)(C)C)CCC1C(=O)O. The first-order chi connectivity index (χ1) is 9.84. The first-order valence-electron chi connectivity index (χ1n) is 8.83. The van der Waals surface area contributed by atoms with E-state index in [2.05, 4.69) is 32.6 Å². The molecule has 0 spiro atoms. The number of aliphatic carboxylic acids is 1. The summed E-state index contributed by atoms with van der Waals surface area (Å²) in [7, 11) is 0. The predicted molar refractivity (Wildman–Crippen MR) is 86.3 cm³/mol. The lowest BCUT2D eigenvalue weighted by atomic mass is 9.67. The molecule has 21 heavy (non-hydrogen) atoms. The Morgan fingerprint density at radius 3 is 2.24 bits per heavy atom. The summed E-state index contributed by atoms with van der Waals surface area (Å²) < 4.78 is 0. The topological polar surface area (TPSA) is 40.5 Å². The Hall–Kier alpha value is -0.570. The summed E-state index contributed by atoms with van der Waals surface area (Å²) in [6, 6.07) is 0.870. The van der Waals surface area contributed by atoms with Crippen molar-refractivity contribution in [2.24, 2.45) is 17.3 Å². The highest BCUT2D eigenvalue weighted by Crippen LogP contribution is 2.43. The summed E-state index contributed by atoms with van der Waals surface area (Å²) in [6.07, 6.45) is 8.13. The van der Waals surface area contributed by atoms with Gasteiger partial charge in [-0.25, -0.2) is 0 Å². The van der Waals surface area contributed by atoms with Crippen molar-refractivity contribution in [2.75, 3.05) is 6.54 Å². The van der Waals surface area contributed by atoms with E-state index in [9.17, 15) is 9.90 Å². The fraction of sp³-hybridized carbons (Fsp3) is 0.944. The minimum absolute atomic E-state index is 0.163. The molecular formula is C18H33NO2. The number of carbonyl (C=O) groups is 1. The van der Waals surface area contributed by atoms with E-state index < -0.39 is 5.97 Å². The molecule has 2 saturated carbocycles. The van der Waals surface area contributed by atoms with E-state index in [1.807, 2.05) is 0 Å². The third kappa shape index (κ3) is 3.80. The van der Waals surface area contributed by atoms with E-state index in [-0.39, 0.29) is 17.4 Å². The molecule has 122 valence electrons. The monoisotopic (exact) mass is 295 g/mol. The van der Waals surface area contributed by atoms with Crippen LogP contribution in [0.25, 0.3) is 0 Å². The van der Waals surface area contributed by atoms with Crippen LogP contribution in [-0.2, 0) is 4.79 Å². The van der Waals surface area contributed by atoms with Crippen molar-refractivity contribution in [1.29, 1.82) is 0 Å². The maximum Gasteiger partial charge on any atom is 0.308 e. The maximum atomic E-state index is 11.7. The third-order valence-corrected chi connectivity index (χ3v) is 5.94. The highest BCUT2D eigenvalue weighted by atomic mass is 16.4. The van der Waals surface area contributed by atoms with Crippen LogP contribution in [0.5, 0.6) is 0 Å². The summed E-state index contributed by atoms with van der Waals surface area (Å²) in [4.78, 5) is 14.3. The molecule has 0 heterocycles. The Balaban J connectivity index is 2.17. The Labute approximate surface area is 130 Å². The van der Waals surface area contributed by atoms with Gasteiger partial charge in [-0.3, -0.25) is 9.69 Å². The molecule has 2 aliphatic rings. The third-order valence-electron chi connectivity index (χ3n) is 5.94. The van der Waals surface area contributed by atoms with Crippen LogP contribution in [-0.4, -0.2) is 34.6 Å². The van der Waals surface area contributed by atoms with Gasteiger partial charge in [0.15, 0.2) is 0 Å². The van der Waals surface area contributed by atoms with Crippen LogP contribution in [0.4, 0.5) is 0 Å². The van der Waals surface area contributed by atoms with E-state index in [1.54, 1.807) is 0 Å². The second-order valence-corrected chi connectivity index (χ2v) is 8.16. The highest BCUT2D eigenvalue weighted by Gasteiger charge is 2.43. The molecule has 0 bridgehead atoms. The van der Waals surface area contributed by atoms with Gasteiger partial charge >= 0.3 is 5.97 Å². The number of rotatable bonds is 4. The van der Waals surface area contributed by atoms with Gasteiger partial charge in [-0.05, 0) is 50.0 Å². The Morgan fingerprint density at radius 1 is 1.14 bits per heavy atom. The molecule has 3 atom stereocenters. The predicted octanol–water partition coefficient (Wildman–Crippen LogP) is 4.17. The molecular weight excluding hydrogens is 262 g/mol. The van der Waals surface area contributed by atoms with Crippen molar-refractivity contribution in [3.05, 3.63) is 0 Å². The minimum Gasteiger partial charge on any atom is -0.481 e. The van der Waals surface area contributed by atoms with Crippen molar-refractivity contribution in [3.8, 4) is 0 Å². The standard InChI is InChI=1S/C18H33NO2/c1-5-19(14-8-6-7-9-14)16-12-13(18(2,3)4)10-11-15(16)17(20)21/h13-16H,5-12H2,1-4H3,(H,20,21). The summed E-state index contributed by atoms with van der Waals surface area (Å²) >= 11 is 0. The Morgan fingerprint density at radius 2 is 1.76 bits per heavy atom. The summed E-state index contributed by atoms with van der Waals surface area (Å²) in [5.41, 5.74) is 0.289. The van der Waals surface area contributed by atoms with Crippen LogP contribution < -0.4 is 0 Å². The van der Waals surface area contributed by atoms with Crippen molar-refractivity contribution >= 4 is 5.97 Å². The molecule has 2 fully saturated rings. The molecule has 0 aromatic heterocycles. The fourth-order valence-electron chi connectivity index (χ4n) is 4.59. The number of carboxylic acids is 1. The van der Waals surface area contributed by atoms with Crippen LogP contribution in [0.2, 0.25) is 0 Å². The van der Waals surface area contributed by atoms with Crippen molar-refractivity contribution < 1.29 is 9.90 Å². The van der Waals surface area contributed by atoms with Gasteiger partial charge in [-0.2, -0.15) is 0 Å². The van der Waals surface area contributed by atoms with E-state index in [4.69, 9.17) is 0 Å². The molecule has 3 heteroatoms. The van der Waals surface area contributed by atoms with Gasteiger partial charge in [-0.1, -0.05) is 40.5 Å². The van der Waals surface area contributed by atoms with Crippen molar-refractivity contribution in [1.82, 2.24) is 4.90 Å². The second-order valence-electron chi connectivity index (χ2n) is 8.16. The zero-order valence-electron chi connectivity index (χ0n) is 14.3. The molecule has 2 rings (SSSR count). The number of nitrogens with zero attached hydrogens (tertiary/aromatic N) is 1. The molecule has 0 amide bonds. The number of carboxylic acid groups (broad SMARTS) is 1. The first-order valence-corrected chi connectivity index (χ1v) is 8.83. The largest absolute Gasteiger partial charge is 0.481 e. The average Bonchev–Trinajstić information content (AvgIpc) is 2.92. The average molecular weight is 295 g/mol. The quantitative estimate of drug-likeness (QED) is 0.846. The van der Waals surface area contributed by atoms with E-state index in [0.29, 0.717) is 12.0 Å². The van der Waals surface area contributed by atoms with Gasteiger partial charge in [0.2, 0.25) is 0 Å². The van der Waals surface area contributed by atoms with Gasteiger partial charge < -0.3 is 5.11 Å². The molecule has 0 aromatic carbocycles. The van der Waals surface area contributed by atoms with Gasteiger partial charge in [0.05, 0.1) is 5.92 Å². The molecule has 2 aliphatic carbocycles. The lowest BCUT2D eigenvalue weighted by molar-refractivity contribution is -0.147. The smallest absolute Gasteiger partial charge is 0.308 e. The molecule has 0 saturated heterocycles. The number of hydrogen-bond acceptors (Lipinski definition) is 2. The van der Waals surface area contributed by atoms with Crippen LogP contribution in [0.3, 0.4) is 0 Å². The molecule has 0 radical (unpaired) electrons. The summed E-state index contributed by atoms with van der Waals surface area (Å²) in [5.74, 6) is -0.0958. The highest BCUT2D eigenvalue weighted by molar-refractivity contribution is 5.71. The molecule has 0 aliphatic heterocycles. The lowest BCUT2D eigenvalue weighted by Crippen LogP contribution is -2.52. The van der Waals surface area contributed by atoms with Gasteiger partial charge in [0.25, 0.3) is 0 Å². The van der Waals surface area contributed by atoms with Crippen LogP contribution in [0.15, 0.2) is 0 Å².